The van der Waals surface area contributed by atoms with Crippen LogP contribution in [0.2, 0.25) is 5.02 Å². The van der Waals surface area contributed by atoms with Gasteiger partial charge in [-0.05, 0) is 30.5 Å². The molecule has 18 heavy (non-hydrogen) atoms. The van der Waals surface area contributed by atoms with Crippen molar-refractivity contribution in [2.75, 3.05) is 18.5 Å². The first-order valence-electron chi connectivity index (χ1n) is 6.01. The lowest BCUT2D eigenvalue weighted by Gasteiger charge is -2.30. The Morgan fingerprint density at radius 3 is 3.00 bits per heavy atom. The average Bonchev–Trinajstić information content (AvgIpc) is 2.34. The molecule has 0 spiro atoms. The Labute approximate surface area is 111 Å². The summed E-state index contributed by atoms with van der Waals surface area (Å²) in [6.07, 6.45) is 0.954. The summed E-state index contributed by atoms with van der Waals surface area (Å²) in [5, 5.41) is 3.79. The first-order chi connectivity index (χ1) is 8.58. The van der Waals surface area contributed by atoms with E-state index in [-0.39, 0.29) is 0 Å². The van der Waals surface area contributed by atoms with Crippen molar-refractivity contribution < 1.29 is 9.53 Å². The molecule has 0 aliphatic carbocycles. The van der Waals surface area contributed by atoms with Gasteiger partial charge in [-0.1, -0.05) is 18.5 Å². The van der Waals surface area contributed by atoms with E-state index in [0.717, 1.165) is 25.3 Å². The van der Waals surface area contributed by atoms with E-state index < -0.39 is 5.91 Å². The van der Waals surface area contributed by atoms with E-state index in [1.54, 1.807) is 12.1 Å². The second-order valence-electron chi connectivity index (χ2n) is 4.65. The summed E-state index contributed by atoms with van der Waals surface area (Å²) in [5.41, 5.74) is 6.49. The number of rotatable bonds is 3. The van der Waals surface area contributed by atoms with Crippen molar-refractivity contribution in [1.29, 1.82) is 0 Å². The zero-order valence-electron chi connectivity index (χ0n) is 10.3. The molecule has 1 aromatic rings. The van der Waals surface area contributed by atoms with Gasteiger partial charge >= 0.3 is 0 Å². The van der Waals surface area contributed by atoms with Gasteiger partial charge in [-0.2, -0.15) is 0 Å². The largest absolute Gasteiger partial charge is 0.382 e. The van der Waals surface area contributed by atoms with Gasteiger partial charge in [0.2, 0.25) is 5.91 Å². The van der Waals surface area contributed by atoms with Crippen LogP contribution in [0, 0.1) is 5.92 Å². The van der Waals surface area contributed by atoms with Crippen molar-refractivity contribution >= 4 is 23.2 Å². The highest BCUT2D eigenvalue weighted by Crippen LogP contribution is 2.23. The van der Waals surface area contributed by atoms with Crippen molar-refractivity contribution in [3.8, 4) is 0 Å². The van der Waals surface area contributed by atoms with Gasteiger partial charge in [0.25, 0.3) is 0 Å². The summed E-state index contributed by atoms with van der Waals surface area (Å²) in [6.45, 7) is 3.66. The molecule has 1 aromatic carbocycles. The minimum Gasteiger partial charge on any atom is -0.382 e. The van der Waals surface area contributed by atoms with E-state index >= 15 is 0 Å². The molecule has 5 heteroatoms. The lowest BCUT2D eigenvalue weighted by molar-refractivity contribution is 0.0537. The number of nitrogens with two attached hydrogens (primary N) is 1. The molecule has 1 heterocycles. The third-order valence-corrected chi connectivity index (χ3v) is 3.55. The Kier molecular flexibility index (Phi) is 4.09. The van der Waals surface area contributed by atoms with Crippen molar-refractivity contribution in [1.82, 2.24) is 0 Å². The number of ether oxygens (including phenoxy) is 1. The number of hydrogen-bond acceptors (Lipinski definition) is 3. The van der Waals surface area contributed by atoms with Crippen LogP contribution in [0.3, 0.4) is 0 Å². The first kappa shape index (κ1) is 13.2. The number of anilines is 1. The average molecular weight is 269 g/mol. The van der Waals surface area contributed by atoms with Gasteiger partial charge in [-0.15, -0.1) is 0 Å². The molecule has 1 saturated heterocycles. The Morgan fingerprint density at radius 1 is 1.56 bits per heavy atom. The first-order valence-corrected chi connectivity index (χ1v) is 6.39. The monoisotopic (exact) mass is 268 g/mol. The minimum absolute atomic E-state index is 0.348. The van der Waals surface area contributed by atoms with Crippen LogP contribution in [0.4, 0.5) is 5.69 Å². The third kappa shape index (κ3) is 2.94. The number of amides is 1. The highest BCUT2D eigenvalue weighted by molar-refractivity contribution is 6.33. The molecule has 0 radical (unpaired) electrons. The smallest absolute Gasteiger partial charge is 0.250 e. The van der Waals surface area contributed by atoms with Crippen LogP contribution in [0.25, 0.3) is 0 Å². The van der Waals surface area contributed by atoms with Crippen LogP contribution in [0.5, 0.6) is 0 Å². The summed E-state index contributed by atoms with van der Waals surface area (Å²) >= 11 is 5.91. The predicted octanol–water partition coefficient (Wildman–Crippen LogP) is 2.28. The molecule has 2 atom stereocenters. The molecule has 3 N–H and O–H groups in total. The lowest BCUT2D eigenvalue weighted by atomic mass is 9.97. The molecule has 4 nitrogen and oxygen atoms in total. The quantitative estimate of drug-likeness (QED) is 0.884. The fourth-order valence-electron chi connectivity index (χ4n) is 2.11. The van der Waals surface area contributed by atoms with Gasteiger partial charge in [0.15, 0.2) is 0 Å². The Bertz CT molecular complexity index is 451. The van der Waals surface area contributed by atoms with Crippen LogP contribution >= 0.6 is 11.6 Å². The van der Waals surface area contributed by atoms with Gasteiger partial charge in [0, 0.05) is 18.3 Å². The summed E-state index contributed by atoms with van der Waals surface area (Å²) in [6, 6.07) is 5.60. The van der Waals surface area contributed by atoms with Crippen LogP contribution in [0.1, 0.15) is 23.7 Å². The molecular formula is C13H17ClN2O2. The van der Waals surface area contributed by atoms with E-state index in [1.165, 1.54) is 0 Å². The zero-order valence-corrected chi connectivity index (χ0v) is 11.0. The third-order valence-electron chi connectivity index (χ3n) is 3.22. The van der Waals surface area contributed by atoms with Gasteiger partial charge in [-0.3, -0.25) is 4.79 Å². The van der Waals surface area contributed by atoms with Crippen molar-refractivity contribution in [3.63, 3.8) is 0 Å². The maximum atomic E-state index is 11.2. The van der Waals surface area contributed by atoms with E-state index in [0.29, 0.717) is 22.5 Å². The standard InChI is InChI=1S/C13H17ClN2O2/c1-8-7-18-5-4-12(8)16-9-2-3-11(14)10(6-9)13(15)17/h2-3,6,8,12,16H,4-5,7H2,1H3,(H2,15,17). The molecular weight excluding hydrogens is 252 g/mol. The van der Waals surface area contributed by atoms with Crippen molar-refractivity contribution in [2.45, 2.75) is 19.4 Å². The summed E-state index contributed by atoms with van der Waals surface area (Å²) in [4.78, 5) is 11.2. The normalized spacial score (nSPS) is 23.7. The number of nitrogens with one attached hydrogen (secondary N) is 1. The Balaban J connectivity index is 2.14. The van der Waals surface area contributed by atoms with Gasteiger partial charge in [0.1, 0.15) is 0 Å². The Hall–Kier alpha value is -1.26. The van der Waals surface area contributed by atoms with Crippen LogP contribution in [0.15, 0.2) is 18.2 Å². The molecule has 98 valence electrons. The number of carbonyl (C=O) groups excluding carboxylic acids is 1. The fourth-order valence-corrected chi connectivity index (χ4v) is 2.32. The Morgan fingerprint density at radius 2 is 2.33 bits per heavy atom. The van der Waals surface area contributed by atoms with Crippen molar-refractivity contribution in [2.24, 2.45) is 11.7 Å². The molecule has 0 saturated carbocycles. The van der Waals surface area contributed by atoms with E-state index in [9.17, 15) is 4.79 Å². The summed E-state index contributed by atoms with van der Waals surface area (Å²) in [7, 11) is 0. The topological polar surface area (TPSA) is 64.3 Å². The van der Waals surface area contributed by atoms with Gasteiger partial charge in [0.05, 0.1) is 17.2 Å². The van der Waals surface area contributed by atoms with Gasteiger partial charge in [-0.25, -0.2) is 0 Å². The SMILES string of the molecule is CC1COCCC1Nc1ccc(Cl)c(C(N)=O)c1. The highest BCUT2D eigenvalue weighted by atomic mass is 35.5. The van der Waals surface area contributed by atoms with Crippen molar-refractivity contribution in [3.05, 3.63) is 28.8 Å². The molecule has 1 amide bonds. The second-order valence-corrected chi connectivity index (χ2v) is 5.06. The predicted molar refractivity (Wildman–Crippen MR) is 72.0 cm³/mol. The highest BCUT2D eigenvalue weighted by Gasteiger charge is 2.21. The van der Waals surface area contributed by atoms with Gasteiger partial charge < -0.3 is 15.8 Å². The maximum Gasteiger partial charge on any atom is 0.250 e. The lowest BCUT2D eigenvalue weighted by Crippen LogP contribution is -2.36. The molecule has 0 bridgehead atoms. The van der Waals surface area contributed by atoms with Crippen LogP contribution < -0.4 is 11.1 Å². The molecule has 1 aliphatic heterocycles. The summed E-state index contributed by atoms with van der Waals surface area (Å²) < 4.78 is 5.40. The number of primary amides is 1. The minimum atomic E-state index is -0.510. The summed E-state index contributed by atoms with van der Waals surface area (Å²) in [5.74, 6) is -0.0740. The zero-order chi connectivity index (χ0) is 13.1. The molecule has 1 aliphatic rings. The van der Waals surface area contributed by atoms with E-state index in [4.69, 9.17) is 22.1 Å². The number of halogens is 1. The van der Waals surface area contributed by atoms with E-state index in [1.807, 2.05) is 6.07 Å². The number of benzene rings is 1. The fraction of sp³-hybridized carbons (Fsp3) is 0.462. The number of carbonyl (C=O) groups is 1. The van der Waals surface area contributed by atoms with Crippen LogP contribution in [-0.2, 0) is 4.74 Å². The van der Waals surface area contributed by atoms with Crippen LogP contribution in [-0.4, -0.2) is 25.2 Å². The second kappa shape index (κ2) is 5.59. The number of hydrogen-bond donors (Lipinski definition) is 2. The maximum absolute atomic E-state index is 11.2. The van der Waals surface area contributed by atoms with E-state index in [2.05, 4.69) is 12.2 Å². The molecule has 1 fully saturated rings. The molecule has 0 aromatic heterocycles. The molecule has 2 unspecified atom stereocenters. The molecule has 2 rings (SSSR count).